The van der Waals surface area contributed by atoms with Crippen LogP contribution >= 0.6 is 23.2 Å². The first-order chi connectivity index (χ1) is 10.5. The molecule has 122 valence electrons. The maximum absolute atomic E-state index is 11.9. The summed E-state index contributed by atoms with van der Waals surface area (Å²) in [4.78, 5) is 23.4. The van der Waals surface area contributed by atoms with E-state index >= 15 is 0 Å². The van der Waals surface area contributed by atoms with Crippen LogP contribution in [0.5, 0.6) is 5.75 Å². The van der Waals surface area contributed by atoms with Gasteiger partial charge in [0.25, 0.3) is 5.91 Å². The highest BCUT2D eigenvalue weighted by Crippen LogP contribution is 2.33. The highest BCUT2D eigenvalue weighted by molar-refractivity contribution is 6.37. The average Bonchev–Trinajstić information content (AvgIpc) is 2.48. The number of rotatable bonds is 8. The van der Waals surface area contributed by atoms with E-state index in [9.17, 15) is 9.59 Å². The van der Waals surface area contributed by atoms with Crippen molar-refractivity contribution < 1.29 is 19.1 Å². The van der Waals surface area contributed by atoms with Gasteiger partial charge in [-0.3, -0.25) is 4.79 Å². The van der Waals surface area contributed by atoms with Gasteiger partial charge in [-0.15, -0.1) is 0 Å². The van der Waals surface area contributed by atoms with Crippen LogP contribution in [0.1, 0.15) is 36.5 Å². The minimum atomic E-state index is -0.671. The maximum Gasteiger partial charge on any atom is 0.338 e. The molecule has 0 radical (unpaired) electrons. The number of nitrogens with one attached hydrogen (secondary N) is 1. The van der Waals surface area contributed by atoms with Crippen molar-refractivity contribution in [2.45, 2.75) is 26.2 Å². The van der Waals surface area contributed by atoms with Crippen molar-refractivity contribution in [1.82, 2.24) is 5.32 Å². The Bertz CT molecular complexity index is 511. The number of carbonyl (C=O) groups excluding carboxylic acids is 2. The van der Waals surface area contributed by atoms with Crippen molar-refractivity contribution in [2.75, 3.05) is 20.3 Å². The minimum Gasteiger partial charge on any atom is -0.494 e. The SMILES string of the molecule is CCCCCNC(=O)COC(=O)c1cc(Cl)c(OC)c(Cl)c1. The summed E-state index contributed by atoms with van der Waals surface area (Å²) in [5.74, 6) is -0.723. The lowest BCUT2D eigenvalue weighted by Gasteiger charge is -2.09. The Kier molecular flexibility index (Phi) is 8.06. The molecule has 0 aromatic heterocycles. The summed E-state index contributed by atoms with van der Waals surface area (Å²) in [6.45, 7) is 2.31. The molecule has 0 spiro atoms. The van der Waals surface area contributed by atoms with Crippen molar-refractivity contribution in [1.29, 1.82) is 0 Å². The Morgan fingerprint density at radius 3 is 2.36 bits per heavy atom. The van der Waals surface area contributed by atoms with Gasteiger partial charge in [-0.1, -0.05) is 43.0 Å². The molecule has 0 atom stereocenters. The summed E-state index contributed by atoms with van der Waals surface area (Å²) in [7, 11) is 1.42. The van der Waals surface area contributed by atoms with Crippen molar-refractivity contribution in [2.24, 2.45) is 0 Å². The van der Waals surface area contributed by atoms with Crippen LogP contribution in [0.2, 0.25) is 10.0 Å². The fourth-order valence-corrected chi connectivity index (χ4v) is 2.38. The number of halogens is 2. The van der Waals surface area contributed by atoms with Gasteiger partial charge in [0.15, 0.2) is 12.4 Å². The fraction of sp³-hybridized carbons (Fsp3) is 0.467. The van der Waals surface area contributed by atoms with E-state index in [0.717, 1.165) is 19.3 Å². The van der Waals surface area contributed by atoms with E-state index in [1.807, 2.05) is 0 Å². The molecular formula is C15H19Cl2NO4. The van der Waals surface area contributed by atoms with E-state index in [1.54, 1.807) is 0 Å². The van der Waals surface area contributed by atoms with Gasteiger partial charge in [0.1, 0.15) is 0 Å². The van der Waals surface area contributed by atoms with Crippen LogP contribution in [0.3, 0.4) is 0 Å². The highest BCUT2D eigenvalue weighted by atomic mass is 35.5. The number of ether oxygens (including phenoxy) is 2. The number of carbonyl (C=O) groups is 2. The first-order valence-corrected chi connectivity index (χ1v) is 7.72. The zero-order valence-electron chi connectivity index (χ0n) is 12.6. The van der Waals surface area contributed by atoms with Gasteiger partial charge in [-0.05, 0) is 18.6 Å². The third-order valence-electron chi connectivity index (χ3n) is 2.87. The molecule has 1 N–H and O–H groups in total. The van der Waals surface area contributed by atoms with E-state index in [4.69, 9.17) is 32.7 Å². The van der Waals surface area contributed by atoms with Crippen molar-refractivity contribution in [3.63, 3.8) is 0 Å². The lowest BCUT2D eigenvalue weighted by molar-refractivity contribution is -0.124. The Balaban J connectivity index is 2.50. The Morgan fingerprint density at radius 1 is 1.18 bits per heavy atom. The normalized spacial score (nSPS) is 10.2. The Labute approximate surface area is 139 Å². The molecule has 0 aliphatic rings. The van der Waals surface area contributed by atoms with Crippen molar-refractivity contribution in [3.05, 3.63) is 27.7 Å². The molecule has 7 heteroatoms. The molecule has 22 heavy (non-hydrogen) atoms. The first kappa shape index (κ1) is 18.6. The molecule has 1 aromatic carbocycles. The molecule has 5 nitrogen and oxygen atoms in total. The molecule has 0 heterocycles. The molecule has 0 aliphatic heterocycles. The van der Waals surface area contributed by atoms with Crippen LogP contribution in [0.25, 0.3) is 0 Å². The second-order valence-electron chi connectivity index (χ2n) is 4.61. The van der Waals surface area contributed by atoms with Crippen molar-refractivity contribution >= 4 is 35.1 Å². The Morgan fingerprint density at radius 2 is 1.82 bits per heavy atom. The van der Waals surface area contributed by atoms with Gasteiger partial charge in [0.2, 0.25) is 0 Å². The number of methoxy groups -OCH3 is 1. The van der Waals surface area contributed by atoms with E-state index in [1.165, 1.54) is 19.2 Å². The summed E-state index contributed by atoms with van der Waals surface area (Å²) < 4.78 is 9.91. The molecule has 0 bridgehead atoms. The lowest BCUT2D eigenvalue weighted by Crippen LogP contribution is -2.29. The summed E-state index contributed by atoms with van der Waals surface area (Å²) in [5.41, 5.74) is 0.162. The van der Waals surface area contributed by atoms with Gasteiger partial charge in [0.05, 0.1) is 22.7 Å². The summed E-state index contributed by atoms with van der Waals surface area (Å²) >= 11 is 11.9. The fourth-order valence-electron chi connectivity index (χ4n) is 1.74. The van der Waals surface area contributed by atoms with Crippen LogP contribution in [0.4, 0.5) is 0 Å². The van der Waals surface area contributed by atoms with Gasteiger partial charge >= 0.3 is 5.97 Å². The second kappa shape index (κ2) is 9.54. The van der Waals surface area contributed by atoms with Crippen molar-refractivity contribution in [3.8, 4) is 5.75 Å². The largest absolute Gasteiger partial charge is 0.494 e. The number of benzene rings is 1. The minimum absolute atomic E-state index is 0.162. The predicted molar refractivity (Wildman–Crippen MR) is 85.8 cm³/mol. The highest BCUT2D eigenvalue weighted by Gasteiger charge is 2.15. The molecule has 1 rings (SSSR count). The van der Waals surface area contributed by atoms with Crippen LogP contribution in [-0.4, -0.2) is 32.1 Å². The number of esters is 1. The molecule has 1 amide bonds. The van der Waals surface area contributed by atoms with E-state index < -0.39 is 5.97 Å². The van der Waals surface area contributed by atoms with E-state index in [2.05, 4.69) is 12.2 Å². The molecule has 0 aliphatic carbocycles. The van der Waals surface area contributed by atoms with Gasteiger partial charge in [-0.2, -0.15) is 0 Å². The monoisotopic (exact) mass is 347 g/mol. The number of unbranched alkanes of at least 4 members (excludes halogenated alkanes) is 2. The van der Waals surface area contributed by atoms with Gasteiger partial charge in [0, 0.05) is 6.54 Å². The lowest BCUT2D eigenvalue weighted by atomic mass is 10.2. The molecule has 0 fully saturated rings. The maximum atomic E-state index is 11.9. The molecule has 0 unspecified atom stereocenters. The number of amides is 1. The molecular weight excluding hydrogens is 329 g/mol. The third kappa shape index (κ3) is 5.73. The van der Waals surface area contributed by atoms with Crippen LogP contribution in [0.15, 0.2) is 12.1 Å². The topological polar surface area (TPSA) is 64.6 Å². The number of hydrogen-bond acceptors (Lipinski definition) is 4. The molecule has 0 saturated carbocycles. The van der Waals surface area contributed by atoms with Crippen LogP contribution < -0.4 is 10.1 Å². The van der Waals surface area contributed by atoms with E-state index in [0.29, 0.717) is 6.54 Å². The smallest absolute Gasteiger partial charge is 0.338 e. The quantitative estimate of drug-likeness (QED) is 0.577. The summed E-state index contributed by atoms with van der Waals surface area (Å²) in [6, 6.07) is 2.77. The third-order valence-corrected chi connectivity index (χ3v) is 3.44. The summed E-state index contributed by atoms with van der Waals surface area (Å²) in [5, 5.41) is 3.08. The van der Waals surface area contributed by atoms with Gasteiger partial charge in [-0.25, -0.2) is 4.79 Å². The zero-order valence-corrected chi connectivity index (χ0v) is 14.1. The standard InChI is InChI=1S/C15H19Cl2NO4/c1-3-4-5-6-18-13(19)9-22-15(20)10-7-11(16)14(21-2)12(17)8-10/h7-8H,3-6,9H2,1-2H3,(H,18,19). The van der Waals surface area contributed by atoms with E-state index in [-0.39, 0.29) is 33.9 Å². The first-order valence-electron chi connectivity index (χ1n) is 6.96. The second-order valence-corrected chi connectivity index (χ2v) is 5.42. The Hall–Kier alpha value is -1.46. The van der Waals surface area contributed by atoms with Crippen LogP contribution in [-0.2, 0) is 9.53 Å². The van der Waals surface area contributed by atoms with Crippen LogP contribution in [0, 0.1) is 0 Å². The predicted octanol–water partition coefficient (Wildman–Crippen LogP) is 3.47. The molecule has 1 aromatic rings. The number of hydrogen-bond donors (Lipinski definition) is 1. The zero-order chi connectivity index (χ0) is 16.5. The van der Waals surface area contributed by atoms with Gasteiger partial charge < -0.3 is 14.8 Å². The molecule has 0 saturated heterocycles. The summed E-state index contributed by atoms with van der Waals surface area (Å²) in [6.07, 6.45) is 3.02. The average molecular weight is 348 g/mol.